The van der Waals surface area contributed by atoms with Gasteiger partial charge in [-0.1, -0.05) is 0 Å². The third kappa shape index (κ3) is 3.16. The van der Waals surface area contributed by atoms with Crippen LogP contribution in [0.5, 0.6) is 0 Å². The zero-order valence-electron chi connectivity index (χ0n) is 10.7. The van der Waals surface area contributed by atoms with Crippen molar-refractivity contribution in [3.05, 3.63) is 17.8 Å². The van der Waals surface area contributed by atoms with E-state index in [1.54, 1.807) is 11.8 Å². The van der Waals surface area contributed by atoms with Gasteiger partial charge in [0.2, 0.25) is 0 Å². The van der Waals surface area contributed by atoms with Gasteiger partial charge < -0.3 is 10.5 Å². The lowest BCUT2D eigenvalue weighted by Gasteiger charge is -2.13. The zero-order valence-corrected chi connectivity index (χ0v) is 11.5. The molecule has 18 heavy (non-hydrogen) atoms. The fraction of sp³-hybridized carbons (Fsp3) is 0.538. The number of anilines is 1. The topological polar surface area (TPSA) is 65.2 Å². The molecule has 2 N–H and O–H groups in total. The van der Waals surface area contributed by atoms with Crippen molar-refractivity contribution in [1.82, 2.24) is 4.98 Å². The number of nitrogen functional groups attached to an aromatic ring is 1. The molecule has 0 radical (unpaired) electrons. The van der Waals surface area contributed by atoms with E-state index in [9.17, 15) is 4.79 Å². The van der Waals surface area contributed by atoms with Crippen molar-refractivity contribution in [3.63, 3.8) is 0 Å². The Morgan fingerprint density at radius 1 is 1.61 bits per heavy atom. The maximum Gasteiger partial charge on any atom is 0.306 e. The lowest BCUT2D eigenvalue weighted by atomic mass is 10.1. The van der Waals surface area contributed by atoms with Crippen molar-refractivity contribution >= 4 is 23.4 Å². The Morgan fingerprint density at radius 3 is 2.89 bits per heavy atom. The third-order valence-electron chi connectivity index (χ3n) is 3.23. The normalized spacial score (nSPS) is 16.3. The fourth-order valence-electron chi connectivity index (χ4n) is 1.85. The zero-order chi connectivity index (χ0) is 13.2. The van der Waals surface area contributed by atoms with E-state index in [0.717, 1.165) is 29.2 Å². The number of hydrogen-bond acceptors (Lipinski definition) is 5. The molecule has 0 saturated heterocycles. The Bertz CT molecular complexity index is 458. The minimum Gasteiger partial charge on any atom is -0.469 e. The molecule has 1 saturated carbocycles. The summed E-state index contributed by atoms with van der Waals surface area (Å²) in [4.78, 5) is 15.6. The van der Waals surface area contributed by atoms with Crippen molar-refractivity contribution in [2.24, 2.45) is 5.41 Å². The molecule has 1 aromatic heterocycles. The SMILES string of the molecule is COC(=O)CC1(CSc2ncc(C)cc2N)CC1. The summed E-state index contributed by atoms with van der Waals surface area (Å²) in [6.45, 7) is 1.97. The van der Waals surface area contributed by atoms with Crippen LogP contribution in [0.4, 0.5) is 5.69 Å². The molecule has 0 aromatic carbocycles. The van der Waals surface area contributed by atoms with Gasteiger partial charge in [-0.3, -0.25) is 4.79 Å². The number of aryl methyl sites for hydroxylation is 1. The number of methoxy groups -OCH3 is 1. The first kappa shape index (κ1) is 13.2. The van der Waals surface area contributed by atoms with E-state index in [4.69, 9.17) is 10.5 Å². The molecule has 1 heterocycles. The first-order chi connectivity index (χ1) is 8.54. The van der Waals surface area contributed by atoms with Gasteiger partial charge in [0.25, 0.3) is 0 Å². The molecule has 0 amide bonds. The largest absolute Gasteiger partial charge is 0.469 e. The van der Waals surface area contributed by atoms with Gasteiger partial charge in [0.15, 0.2) is 0 Å². The van der Waals surface area contributed by atoms with E-state index in [0.29, 0.717) is 12.1 Å². The van der Waals surface area contributed by atoms with Gasteiger partial charge >= 0.3 is 5.97 Å². The minimum atomic E-state index is -0.127. The van der Waals surface area contributed by atoms with Gasteiger partial charge in [0.05, 0.1) is 19.2 Å². The van der Waals surface area contributed by atoms with Crippen LogP contribution in [0.1, 0.15) is 24.8 Å². The number of aromatic nitrogens is 1. The van der Waals surface area contributed by atoms with Crippen molar-refractivity contribution in [2.45, 2.75) is 31.2 Å². The van der Waals surface area contributed by atoms with Crippen molar-refractivity contribution < 1.29 is 9.53 Å². The van der Waals surface area contributed by atoms with Crippen LogP contribution >= 0.6 is 11.8 Å². The molecule has 1 aliphatic carbocycles. The van der Waals surface area contributed by atoms with Crippen molar-refractivity contribution in [3.8, 4) is 0 Å². The van der Waals surface area contributed by atoms with E-state index in [1.807, 2.05) is 19.2 Å². The van der Waals surface area contributed by atoms with Crippen LogP contribution in [0.15, 0.2) is 17.3 Å². The molecule has 5 heteroatoms. The lowest BCUT2D eigenvalue weighted by molar-refractivity contribution is -0.141. The van der Waals surface area contributed by atoms with Crippen LogP contribution in [0.2, 0.25) is 0 Å². The first-order valence-corrected chi connectivity index (χ1v) is 6.95. The average molecular weight is 266 g/mol. The molecule has 4 nitrogen and oxygen atoms in total. The quantitative estimate of drug-likeness (QED) is 0.655. The van der Waals surface area contributed by atoms with Gasteiger partial charge in [-0.25, -0.2) is 4.98 Å². The number of nitrogens with zero attached hydrogens (tertiary/aromatic N) is 1. The second-order valence-corrected chi connectivity index (χ2v) is 5.91. The van der Waals surface area contributed by atoms with Gasteiger partial charge in [-0.05, 0) is 36.8 Å². The molecule has 98 valence electrons. The highest BCUT2D eigenvalue weighted by atomic mass is 32.2. The second kappa shape index (κ2) is 5.18. The maximum atomic E-state index is 11.3. The van der Waals surface area contributed by atoms with Crippen LogP contribution in [-0.4, -0.2) is 23.8 Å². The number of pyridine rings is 1. The third-order valence-corrected chi connectivity index (χ3v) is 4.61. The summed E-state index contributed by atoms with van der Waals surface area (Å²) < 4.78 is 4.73. The Hall–Kier alpha value is -1.23. The fourth-order valence-corrected chi connectivity index (χ4v) is 3.04. The maximum absolute atomic E-state index is 11.3. The predicted octanol–water partition coefficient (Wildman–Crippen LogP) is 2.41. The Labute approximate surface area is 111 Å². The smallest absolute Gasteiger partial charge is 0.306 e. The number of ether oxygens (including phenoxy) is 1. The summed E-state index contributed by atoms with van der Waals surface area (Å²) in [7, 11) is 1.44. The molecule has 0 atom stereocenters. The number of nitrogens with two attached hydrogens (primary N) is 1. The Balaban J connectivity index is 1.93. The highest BCUT2D eigenvalue weighted by Gasteiger charge is 2.44. The molecule has 0 bridgehead atoms. The summed E-state index contributed by atoms with van der Waals surface area (Å²) in [5.41, 5.74) is 7.81. The second-order valence-electron chi connectivity index (χ2n) is 4.95. The summed E-state index contributed by atoms with van der Waals surface area (Å²) in [6, 6.07) is 1.93. The van der Waals surface area contributed by atoms with Crippen LogP contribution < -0.4 is 5.73 Å². The van der Waals surface area contributed by atoms with Crippen LogP contribution in [0, 0.1) is 12.3 Å². The molecule has 1 aromatic rings. The lowest BCUT2D eigenvalue weighted by Crippen LogP contribution is -2.13. The molecule has 0 spiro atoms. The van der Waals surface area contributed by atoms with Gasteiger partial charge in [0, 0.05) is 11.9 Å². The predicted molar refractivity (Wildman–Crippen MR) is 72.4 cm³/mol. The summed E-state index contributed by atoms with van der Waals surface area (Å²) >= 11 is 1.63. The van der Waals surface area contributed by atoms with E-state index in [-0.39, 0.29) is 11.4 Å². The average Bonchev–Trinajstić information content (AvgIpc) is 3.08. The molecule has 0 unspecified atom stereocenters. The van der Waals surface area contributed by atoms with Crippen molar-refractivity contribution in [1.29, 1.82) is 0 Å². The van der Waals surface area contributed by atoms with Gasteiger partial charge in [0.1, 0.15) is 5.03 Å². The van der Waals surface area contributed by atoms with E-state index < -0.39 is 0 Å². The molecule has 1 fully saturated rings. The number of esters is 1. The minimum absolute atomic E-state index is 0.108. The summed E-state index contributed by atoms with van der Waals surface area (Å²) in [6.07, 6.45) is 4.49. The number of carbonyl (C=O) groups excluding carboxylic acids is 1. The van der Waals surface area contributed by atoms with Gasteiger partial charge in [-0.2, -0.15) is 0 Å². The number of carbonyl (C=O) groups is 1. The van der Waals surface area contributed by atoms with E-state index >= 15 is 0 Å². The first-order valence-electron chi connectivity index (χ1n) is 5.96. The summed E-state index contributed by atoms with van der Waals surface area (Å²) in [5, 5.41) is 0.858. The standard InChI is InChI=1S/C13H18N2O2S/c1-9-5-10(14)12(15-7-9)18-8-13(3-4-13)6-11(16)17-2/h5,7H,3-4,6,8,14H2,1-2H3. The van der Waals surface area contributed by atoms with Crippen LogP contribution in [0.3, 0.4) is 0 Å². The molecule has 1 aliphatic rings. The molecule has 2 rings (SSSR count). The highest BCUT2D eigenvalue weighted by Crippen LogP contribution is 2.52. The van der Waals surface area contributed by atoms with Gasteiger partial charge in [-0.15, -0.1) is 11.8 Å². The van der Waals surface area contributed by atoms with Crippen LogP contribution in [-0.2, 0) is 9.53 Å². The number of rotatable bonds is 5. The van der Waals surface area contributed by atoms with E-state index in [2.05, 4.69) is 4.98 Å². The Kier molecular flexibility index (Phi) is 3.80. The molecular weight excluding hydrogens is 248 g/mol. The van der Waals surface area contributed by atoms with Crippen LogP contribution in [0.25, 0.3) is 0 Å². The Morgan fingerprint density at radius 2 is 2.33 bits per heavy atom. The monoisotopic (exact) mass is 266 g/mol. The number of thioether (sulfide) groups is 1. The molecular formula is C13H18N2O2S. The van der Waals surface area contributed by atoms with E-state index in [1.165, 1.54) is 7.11 Å². The highest BCUT2D eigenvalue weighted by molar-refractivity contribution is 7.99. The van der Waals surface area contributed by atoms with Crippen molar-refractivity contribution in [2.75, 3.05) is 18.6 Å². The number of hydrogen-bond donors (Lipinski definition) is 1. The molecule has 0 aliphatic heterocycles. The summed E-state index contributed by atoms with van der Waals surface area (Å²) in [5.74, 6) is 0.750.